The number of nitrogens with zero attached hydrogens (tertiary/aromatic N) is 2. The van der Waals surface area contributed by atoms with Crippen molar-refractivity contribution in [2.45, 2.75) is 6.42 Å². The molecule has 21 heavy (non-hydrogen) atoms. The molecule has 3 aromatic rings. The summed E-state index contributed by atoms with van der Waals surface area (Å²) in [5.41, 5.74) is 2.11. The summed E-state index contributed by atoms with van der Waals surface area (Å²) in [6.07, 6.45) is 3.13. The summed E-state index contributed by atoms with van der Waals surface area (Å²) in [5, 5.41) is 0.371. The molecule has 0 spiro atoms. The van der Waals surface area contributed by atoms with Gasteiger partial charge in [0.15, 0.2) is 5.78 Å². The molecular formula is C16H10ClFN2O. The van der Waals surface area contributed by atoms with Crippen LogP contribution < -0.4 is 0 Å². The van der Waals surface area contributed by atoms with Gasteiger partial charge < -0.3 is 0 Å². The van der Waals surface area contributed by atoms with Gasteiger partial charge in [0.25, 0.3) is 0 Å². The first-order chi connectivity index (χ1) is 10.1. The molecule has 1 aromatic heterocycles. The van der Waals surface area contributed by atoms with E-state index in [0.717, 1.165) is 0 Å². The van der Waals surface area contributed by atoms with Crippen molar-refractivity contribution in [3.05, 3.63) is 70.8 Å². The largest absolute Gasteiger partial charge is 0.294 e. The number of para-hydroxylation sites is 1. The Bertz CT molecular complexity index is 830. The number of rotatable bonds is 3. The zero-order valence-electron chi connectivity index (χ0n) is 10.9. The third-order valence-electron chi connectivity index (χ3n) is 3.16. The lowest BCUT2D eigenvalue weighted by atomic mass is 10.0. The summed E-state index contributed by atoms with van der Waals surface area (Å²) in [7, 11) is 0. The third-order valence-corrected chi connectivity index (χ3v) is 3.53. The van der Waals surface area contributed by atoms with Gasteiger partial charge in [-0.2, -0.15) is 0 Å². The van der Waals surface area contributed by atoms with Gasteiger partial charge >= 0.3 is 0 Å². The summed E-state index contributed by atoms with van der Waals surface area (Å²) in [6, 6.07) is 9.21. The molecule has 0 saturated heterocycles. The highest BCUT2D eigenvalue weighted by Gasteiger charge is 2.14. The molecule has 0 saturated carbocycles. The van der Waals surface area contributed by atoms with Crippen molar-refractivity contribution in [1.29, 1.82) is 0 Å². The van der Waals surface area contributed by atoms with E-state index in [2.05, 4.69) is 9.97 Å². The summed E-state index contributed by atoms with van der Waals surface area (Å²) in [4.78, 5) is 20.8. The maximum Gasteiger partial charge on any atom is 0.169 e. The minimum absolute atomic E-state index is 0.0201. The van der Waals surface area contributed by atoms with Crippen LogP contribution >= 0.6 is 11.6 Å². The standard InChI is InChI=1S/C16H10ClFN2O/c17-13-5-4-11(18)8-10(13)9-15(21)12-2-1-3-14-16(12)20-7-6-19-14/h1-8H,9H2. The maximum absolute atomic E-state index is 13.3. The fraction of sp³-hybridized carbons (Fsp3) is 0.0625. The van der Waals surface area contributed by atoms with E-state index in [1.807, 2.05) is 0 Å². The monoisotopic (exact) mass is 300 g/mol. The van der Waals surface area contributed by atoms with Crippen LogP contribution in [-0.2, 0) is 6.42 Å². The first-order valence-corrected chi connectivity index (χ1v) is 6.70. The average Bonchev–Trinajstić information content (AvgIpc) is 2.50. The van der Waals surface area contributed by atoms with Gasteiger partial charge in [0, 0.05) is 29.4 Å². The van der Waals surface area contributed by atoms with Crippen LogP contribution in [0.3, 0.4) is 0 Å². The Morgan fingerprint density at radius 2 is 1.95 bits per heavy atom. The van der Waals surface area contributed by atoms with Crippen LogP contribution in [-0.4, -0.2) is 15.8 Å². The van der Waals surface area contributed by atoms with Gasteiger partial charge in [-0.25, -0.2) is 4.39 Å². The highest BCUT2D eigenvalue weighted by Crippen LogP contribution is 2.21. The van der Waals surface area contributed by atoms with Crippen molar-refractivity contribution in [3.8, 4) is 0 Å². The van der Waals surface area contributed by atoms with Crippen LogP contribution in [0.5, 0.6) is 0 Å². The zero-order valence-corrected chi connectivity index (χ0v) is 11.6. The minimum Gasteiger partial charge on any atom is -0.294 e. The number of aromatic nitrogens is 2. The number of carbonyl (C=O) groups excluding carboxylic acids is 1. The van der Waals surface area contributed by atoms with Crippen molar-refractivity contribution >= 4 is 28.4 Å². The van der Waals surface area contributed by atoms with Crippen molar-refractivity contribution < 1.29 is 9.18 Å². The molecule has 2 aromatic carbocycles. The van der Waals surface area contributed by atoms with E-state index in [-0.39, 0.29) is 12.2 Å². The first-order valence-electron chi connectivity index (χ1n) is 6.32. The Labute approximate surface area is 125 Å². The SMILES string of the molecule is O=C(Cc1cc(F)ccc1Cl)c1cccc2nccnc12. The quantitative estimate of drug-likeness (QED) is 0.690. The van der Waals surface area contributed by atoms with E-state index in [1.165, 1.54) is 24.4 Å². The van der Waals surface area contributed by atoms with Crippen LogP contribution in [0.2, 0.25) is 5.02 Å². The predicted octanol–water partition coefficient (Wildman–Crippen LogP) is 3.85. The van der Waals surface area contributed by atoms with Crippen LogP contribution in [0.1, 0.15) is 15.9 Å². The molecule has 1 heterocycles. The Hall–Kier alpha value is -2.33. The number of ketones is 1. The fourth-order valence-electron chi connectivity index (χ4n) is 2.16. The second kappa shape index (κ2) is 5.58. The van der Waals surface area contributed by atoms with Gasteiger partial charge in [-0.3, -0.25) is 14.8 Å². The lowest BCUT2D eigenvalue weighted by Gasteiger charge is -2.06. The Morgan fingerprint density at radius 1 is 1.14 bits per heavy atom. The molecule has 0 amide bonds. The van der Waals surface area contributed by atoms with Crippen molar-refractivity contribution in [3.63, 3.8) is 0 Å². The topological polar surface area (TPSA) is 42.9 Å². The van der Waals surface area contributed by atoms with Gasteiger partial charge in [-0.1, -0.05) is 17.7 Å². The molecule has 5 heteroatoms. The number of hydrogen-bond acceptors (Lipinski definition) is 3. The van der Waals surface area contributed by atoms with Gasteiger partial charge in [0.2, 0.25) is 0 Å². The molecule has 0 radical (unpaired) electrons. The van der Waals surface area contributed by atoms with E-state index < -0.39 is 5.82 Å². The molecule has 104 valence electrons. The molecule has 0 aliphatic carbocycles. The first kappa shape index (κ1) is 13.6. The Balaban J connectivity index is 1.99. The number of Topliss-reactive ketones (excluding diaryl/α,β-unsaturated/α-hetero) is 1. The summed E-state index contributed by atoms with van der Waals surface area (Å²) >= 11 is 6.00. The van der Waals surface area contributed by atoms with Crippen molar-refractivity contribution in [1.82, 2.24) is 9.97 Å². The summed E-state index contributed by atoms with van der Waals surface area (Å²) < 4.78 is 13.3. The van der Waals surface area contributed by atoms with Gasteiger partial charge in [-0.15, -0.1) is 0 Å². The van der Waals surface area contributed by atoms with E-state index in [0.29, 0.717) is 27.2 Å². The number of hydrogen-bond donors (Lipinski definition) is 0. The summed E-state index contributed by atoms with van der Waals surface area (Å²) in [5.74, 6) is -0.589. The van der Waals surface area contributed by atoms with Gasteiger partial charge in [0.05, 0.1) is 11.0 Å². The molecular weight excluding hydrogens is 291 g/mol. The molecule has 0 unspecified atom stereocenters. The smallest absolute Gasteiger partial charge is 0.169 e. The number of carbonyl (C=O) groups is 1. The van der Waals surface area contributed by atoms with Crippen molar-refractivity contribution in [2.75, 3.05) is 0 Å². The lowest BCUT2D eigenvalue weighted by Crippen LogP contribution is -2.06. The molecule has 0 aliphatic heterocycles. The van der Waals surface area contributed by atoms with E-state index >= 15 is 0 Å². The molecule has 0 aliphatic rings. The van der Waals surface area contributed by atoms with Crippen LogP contribution in [0.4, 0.5) is 4.39 Å². The minimum atomic E-state index is -0.417. The molecule has 3 rings (SSSR count). The maximum atomic E-state index is 13.3. The third kappa shape index (κ3) is 2.76. The fourth-order valence-corrected chi connectivity index (χ4v) is 2.35. The molecule has 0 fully saturated rings. The normalized spacial score (nSPS) is 10.8. The second-order valence-corrected chi connectivity index (χ2v) is 4.97. The number of halogens is 2. The second-order valence-electron chi connectivity index (χ2n) is 4.57. The van der Waals surface area contributed by atoms with Crippen LogP contribution in [0.25, 0.3) is 11.0 Å². The van der Waals surface area contributed by atoms with Crippen molar-refractivity contribution in [2.24, 2.45) is 0 Å². The molecule has 0 bridgehead atoms. The average molecular weight is 301 g/mol. The number of fused-ring (bicyclic) bond motifs is 1. The van der Waals surface area contributed by atoms with Crippen LogP contribution in [0, 0.1) is 5.82 Å². The summed E-state index contributed by atoms with van der Waals surface area (Å²) in [6.45, 7) is 0. The predicted molar refractivity (Wildman–Crippen MR) is 79.0 cm³/mol. The highest BCUT2D eigenvalue weighted by atomic mass is 35.5. The molecule has 0 atom stereocenters. The Morgan fingerprint density at radius 3 is 2.81 bits per heavy atom. The van der Waals surface area contributed by atoms with E-state index in [4.69, 9.17) is 11.6 Å². The molecule has 3 nitrogen and oxygen atoms in total. The lowest BCUT2D eigenvalue weighted by molar-refractivity contribution is 0.0994. The van der Waals surface area contributed by atoms with E-state index in [1.54, 1.807) is 24.4 Å². The van der Waals surface area contributed by atoms with Gasteiger partial charge in [-0.05, 0) is 35.9 Å². The molecule has 0 N–H and O–H groups in total. The Kier molecular flexibility index (Phi) is 3.62. The van der Waals surface area contributed by atoms with Gasteiger partial charge in [0.1, 0.15) is 5.82 Å². The highest BCUT2D eigenvalue weighted by molar-refractivity contribution is 6.31. The number of benzene rings is 2. The zero-order chi connectivity index (χ0) is 14.8. The van der Waals surface area contributed by atoms with Crippen LogP contribution in [0.15, 0.2) is 48.8 Å². The van der Waals surface area contributed by atoms with E-state index in [9.17, 15) is 9.18 Å².